The van der Waals surface area contributed by atoms with Crippen LogP contribution in [0.25, 0.3) is 0 Å². The SMILES string of the molecule is CCOC(=O)CCN(CCN(CC)CC)C(=O)CCC1CCCCC1. The molecular formula is C20H38N2O3. The average Bonchev–Trinajstić information content (AvgIpc) is 2.64. The predicted molar refractivity (Wildman–Crippen MR) is 101 cm³/mol. The van der Waals surface area contributed by atoms with Gasteiger partial charge in [0, 0.05) is 26.1 Å². The first-order chi connectivity index (χ1) is 12.1. The third kappa shape index (κ3) is 9.24. The third-order valence-electron chi connectivity index (χ3n) is 5.32. The lowest BCUT2D eigenvalue weighted by Crippen LogP contribution is -2.40. The summed E-state index contributed by atoms with van der Waals surface area (Å²) < 4.78 is 5.01. The summed E-state index contributed by atoms with van der Waals surface area (Å²) in [6.07, 6.45) is 8.43. The van der Waals surface area contributed by atoms with E-state index in [1.807, 2.05) is 11.8 Å². The first kappa shape index (κ1) is 21.9. The van der Waals surface area contributed by atoms with Crippen LogP contribution in [0, 0.1) is 5.92 Å². The van der Waals surface area contributed by atoms with Crippen LogP contribution in [-0.2, 0) is 14.3 Å². The second-order valence-corrected chi connectivity index (χ2v) is 7.01. The van der Waals surface area contributed by atoms with Gasteiger partial charge >= 0.3 is 5.97 Å². The molecule has 0 heterocycles. The van der Waals surface area contributed by atoms with Crippen molar-refractivity contribution in [2.75, 3.05) is 39.3 Å². The van der Waals surface area contributed by atoms with E-state index in [1.54, 1.807) is 0 Å². The van der Waals surface area contributed by atoms with Crippen molar-refractivity contribution in [1.29, 1.82) is 0 Å². The molecule has 0 atom stereocenters. The number of carbonyl (C=O) groups is 2. The van der Waals surface area contributed by atoms with Gasteiger partial charge in [-0.2, -0.15) is 0 Å². The molecule has 1 rings (SSSR count). The zero-order chi connectivity index (χ0) is 18.5. The van der Waals surface area contributed by atoms with Crippen LogP contribution < -0.4 is 0 Å². The largest absolute Gasteiger partial charge is 0.466 e. The second-order valence-electron chi connectivity index (χ2n) is 7.01. The van der Waals surface area contributed by atoms with Crippen molar-refractivity contribution in [2.45, 2.75) is 72.1 Å². The van der Waals surface area contributed by atoms with Crippen molar-refractivity contribution in [3.63, 3.8) is 0 Å². The highest BCUT2D eigenvalue weighted by Gasteiger charge is 2.19. The van der Waals surface area contributed by atoms with Gasteiger partial charge in [-0.05, 0) is 32.4 Å². The second kappa shape index (κ2) is 13.2. The molecule has 0 aliphatic heterocycles. The molecule has 1 fully saturated rings. The third-order valence-corrected chi connectivity index (χ3v) is 5.32. The molecule has 0 aromatic heterocycles. The van der Waals surface area contributed by atoms with Gasteiger partial charge in [0.25, 0.3) is 0 Å². The molecule has 0 aromatic rings. The number of esters is 1. The van der Waals surface area contributed by atoms with Gasteiger partial charge < -0.3 is 14.5 Å². The first-order valence-electron chi connectivity index (χ1n) is 10.3. The molecule has 0 bridgehead atoms. The Hall–Kier alpha value is -1.10. The maximum atomic E-state index is 12.7. The zero-order valence-corrected chi connectivity index (χ0v) is 16.6. The molecule has 0 aromatic carbocycles. The minimum Gasteiger partial charge on any atom is -0.466 e. The van der Waals surface area contributed by atoms with Gasteiger partial charge in [0.15, 0.2) is 0 Å². The number of amides is 1. The standard InChI is InChI=1S/C20H38N2O3/c1-4-21(5-2)16-17-22(15-14-20(24)25-6-3)19(23)13-12-18-10-8-7-9-11-18/h18H,4-17H2,1-3H3. The zero-order valence-electron chi connectivity index (χ0n) is 16.6. The van der Waals surface area contributed by atoms with Crippen LogP contribution in [0.2, 0.25) is 0 Å². The molecule has 146 valence electrons. The van der Waals surface area contributed by atoms with Gasteiger partial charge in [0.2, 0.25) is 5.91 Å². The van der Waals surface area contributed by atoms with Gasteiger partial charge in [-0.25, -0.2) is 0 Å². The van der Waals surface area contributed by atoms with Gasteiger partial charge in [0.1, 0.15) is 0 Å². The highest BCUT2D eigenvalue weighted by atomic mass is 16.5. The van der Waals surface area contributed by atoms with E-state index in [9.17, 15) is 9.59 Å². The van der Waals surface area contributed by atoms with Crippen LogP contribution in [0.1, 0.15) is 72.1 Å². The normalized spacial score (nSPS) is 15.4. The lowest BCUT2D eigenvalue weighted by Gasteiger charge is -2.27. The summed E-state index contributed by atoms with van der Waals surface area (Å²) >= 11 is 0. The predicted octanol–water partition coefficient (Wildman–Crippen LogP) is 3.47. The molecule has 1 aliphatic carbocycles. The van der Waals surface area contributed by atoms with Crippen LogP contribution in [0.3, 0.4) is 0 Å². The van der Waals surface area contributed by atoms with E-state index in [0.717, 1.165) is 26.1 Å². The van der Waals surface area contributed by atoms with Crippen LogP contribution in [0.5, 0.6) is 0 Å². The first-order valence-corrected chi connectivity index (χ1v) is 10.3. The van der Waals surface area contributed by atoms with Crippen LogP contribution in [0.4, 0.5) is 0 Å². The van der Waals surface area contributed by atoms with Crippen molar-refractivity contribution in [2.24, 2.45) is 5.92 Å². The Morgan fingerprint density at radius 2 is 1.60 bits per heavy atom. The lowest BCUT2D eigenvalue weighted by atomic mass is 9.86. The van der Waals surface area contributed by atoms with Gasteiger partial charge in [-0.1, -0.05) is 46.0 Å². The molecule has 1 amide bonds. The summed E-state index contributed by atoms with van der Waals surface area (Å²) in [6, 6.07) is 0. The van der Waals surface area contributed by atoms with E-state index in [2.05, 4.69) is 18.7 Å². The molecule has 0 unspecified atom stereocenters. The molecule has 0 radical (unpaired) electrons. The van der Waals surface area contributed by atoms with Crippen LogP contribution in [-0.4, -0.2) is 61.0 Å². The van der Waals surface area contributed by atoms with E-state index in [-0.39, 0.29) is 11.9 Å². The Bertz CT molecular complexity index is 377. The number of hydrogen-bond acceptors (Lipinski definition) is 4. The summed E-state index contributed by atoms with van der Waals surface area (Å²) in [7, 11) is 0. The fourth-order valence-electron chi connectivity index (χ4n) is 3.58. The topological polar surface area (TPSA) is 49.9 Å². The number of nitrogens with zero attached hydrogens (tertiary/aromatic N) is 2. The quantitative estimate of drug-likeness (QED) is 0.504. The van der Waals surface area contributed by atoms with Crippen molar-refractivity contribution >= 4 is 11.9 Å². The monoisotopic (exact) mass is 354 g/mol. The molecule has 0 N–H and O–H groups in total. The smallest absolute Gasteiger partial charge is 0.307 e. The van der Waals surface area contributed by atoms with E-state index in [0.29, 0.717) is 38.5 Å². The molecule has 5 nitrogen and oxygen atoms in total. The molecular weight excluding hydrogens is 316 g/mol. The average molecular weight is 355 g/mol. The van der Waals surface area contributed by atoms with Gasteiger partial charge in [0.05, 0.1) is 13.0 Å². The Kier molecular flexibility index (Phi) is 11.5. The number of rotatable bonds is 12. The van der Waals surface area contributed by atoms with Gasteiger partial charge in [-0.15, -0.1) is 0 Å². The maximum absolute atomic E-state index is 12.7. The van der Waals surface area contributed by atoms with Crippen molar-refractivity contribution in [3.8, 4) is 0 Å². The van der Waals surface area contributed by atoms with Crippen molar-refractivity contribution < 1.29 is 14.3 Å². The van der Waals surface area contributed by atoms with Crippen molar-refractivity contribution in [3.05, 3.63) is 0 Å². The fourth-order valence-corrected chi connectivity index (χ4v) is 3.58. The number of hydrogen-bond donors (Lipinski definition) is 0. The molecule has 1 aliphatic rings. The maximum Gasteiger partial charge on any atom is 0.307 e. The Labute approximate surface area is 154 Å². The number of ether oxygens (including phenoxy) is 1. The van der Waals surface area contributed by atoms with E-state index in [4.69, 9.17) is 4.74 Å². The minimum absolute atomic E-state index is 0.196. The Morgan fingerprint density at radius 1 is 0.920 bits per heavy atom. The summed E-state index contributed by atoms with van der Waals surface area (Å²) in [5, 5.41) is 0. The summed E-state index contributed by atoms with van der Waals surface area (Å²) in [6.45, 7) is 10.5. The summed E-state index contributed by atoms with van der Waals surface area (Å²) in [5.74, 6) is 0.699. The molecule has 1 saturated carbocycles. The summed E-state index contributed by atoms with van der Waals surface area (Å²) in [4.78, 5) is 28.5. The Morgan fingerprint density at radius 3 is 2.20 bits per heavy atom. The number of carbonyl (C=O) groups excluding carboxylic acids is 2. The van der Waals surface area contributed by atoms with Crippen LogP contribution >= 0.6 is 0 Å². The van der Waals surface area contributed by atoms with E-state index >= 15 is 0 Å². The highest BCUT2D eigenvalue weighted by Crippen LogP contribution is 2.27. The molecule has 25 heavy (non-hydrogen) atoms. The fraction of sp³-hybridized carbons (Fsp3) is 0.900. The lowest BCUT2D eigenvalue weighted by molar-refractivity contribution is -0.144. The minimum atomic E-state index is -0.213. The van der Waals surface area contributed by atoms with Crippen LogP contribution in [0.15, 0.2) is 0 Å². The highest BCUT2D eigenvalue weighted by molar-refractivity contribution is 5.77. The molecule has 0 saturated heterocycles. The summed E-state index contributed by atoms with van der Waals surface area (Å²) in [5.41, 5.74) is 0. The van der Waals surface area contributed by atoms with E-state index < -0.39 is 0 Å². The molecule has 0 spiro atoms. The van der Waals surface area contributed by atoms with Gasteiger partial charge in [-0.3, -0.25) is 9.59 Å². The molecule has 5 heteroatoms. The van der Waals surface area contributed by atoms with Crippen molar-refractivity contribution in [1.82, 2.24) is 9.80 Å². The number of likely N-dealkylation sites (N-methyl/N-ethyl adjacent to an activating group) is 1. The van der Waals surface area contributed by atoms with E-state index in [1.165, 1.54) is 32.1 Å². The Balaban J connectivity index is 2.48.